The number of rotatable bonds is 5. The third kappa shape index (κ3) is 4.41. The van der Waals surface area contributed by atoms with Gasteiger partial charge in [-0.25, -0.2) is 4.39 Å². The van der Waals surface area contributed by atoms with Crippen LogP contribution < -0.4 is 5.32 Å². The van der Waals surface area contributed by atoms with Crippen LogP contribution in [0.5, 0.6) is 0 Å². The van der Waals surface area contributed by atoms with Crippen molar-refractivity contribution >= 4 is 5.69 Å². The summed E-state index contributed by atoms with van der Waals surface area (Å²) in [5.74, 6) is -0.381. The van der Waals surface area contributed by atoms with Crippen LogP contribution in [0.2, 0.25) is 0 Å². The van der Waals surface area contributed by atoms with Gasteiger partial charge >= 0.3 is 0 Å². The lowest BCUT2D eigenvalue weighted by atomic mass is 10.1. The van der Waals surface area contributed by atoms with Gasteiger partial charge in [0.25, 0.3) is 0 Å². The fraction of sp³-hybridized carbons (Fsp3) is 0.462. The third-order valence-corrected chi connectivity index (χ3v) is 2.51. The summed E-state index contributed by atoms with van der Waals surface area (Å²) in [4.78, 5) is 2.11. The molecule has 17 heavy (non-hydrogen) atoms. The highest BCUT2D eigenvalue weighted by molar-refractivity contribution is 5.57. The third-order valence-electron chi connectivity index (χ3n) is 2.51. The average molecular weight is 235 g/mol. The van der Waals surface area contributed by atoms with E-state index in [1.54, 1.807) is 6.07 Å². The summed E-state index contributed by atoms with van der Waals surface area (Å²) in [5.41, 5.74) is 1.04. The standard InChI is InChI=1S/C13H18FN3/c1-10(6-7-17(2)3)16-13-5-4-12(14)8-11(13)9-15/h4-5,8,10,16H,6-7H2,1-3H3. The van der Waals surface area contributed by atoms with Crippen LogP contribution in [-0.4, -0.2) is 31.6 Å². The van der Waals surface area contributed by atoms with Gasteiger partial charge in [0.05, 0.1) is 11.3 Å². The zero-order chi connectivity index (χ0) is 12.8. The molecule has 3 nitrogen and oxygen atoms in total. The first-order valence-electron chi connectivity index (χ1n) is 5.64. The highest BCUT2D eigenvalue weighted by atomic mass is 19.1. The fourth-order valence-corrected chi connectivity index (χ4v) is 1.52. The van der Waals surface area contributed by atoms with Crippen molar-refractivity contribution in [1.82, 2.24) is 4.90 Å². The molecule has 1 unspecified atom stereocenters. The van der Waals surface area contributed by atoms with E-state index in [4.69, 9.17) is 5.26 Å². The Balaban J connectivity index is 2.65. The maximum atomic E-state index is 12.9. The summed E-state index contributed by atoms with van der Waals surface area (Å²) in [6.07, 6.45) is 0.968. The molecule has 0 radical (unpaired) electrons. The summed E-state index contributed by atoms with van der Waals surface area (Å²) >= 11 is 0. The monoisotopic (exact) mass is 235 g/mol. The van der Waals surface area contributed by atoms with E-state index < -0.39 is 0 Å². The van der Waals surface area contributed by atoms with Gasteiger partial charge in [-0.1, -0.05) is 0 Å². The Morgan fingerprint density at radius 3 is 2.76 bits per heavy atom. The zero-order valence-electron chi connectivity index (χ0n) is 10.5. The van der Waals surface area contributed by atoms with Crippen molar-refractivity contribution in [2.75, 3.05) is 26.0 Å². The highest BCUT2D eigenvalue weighted by Crippen LogP contribution is 2.17. The van der Waals surface area contributed by atoms with E-state index in [2.05, 4.69) is 10.2 Å². The van der Waals surface area contributed by atoms with E-state index in [9.17, 15) is 4.39 Å². The van der Waals surface area contributed by atoms with Crippen LogP contribution in [0, 0.1) is 17.1 Å². The Labute approximate surface area is 102 Å². The number of anilines is 1. The summed E-state index contributed by atoms with van der Waals surface area (Å²) in [6.45, 7) is 3.02. The van der Waals surface area contributed by atoms with E-state index in [0.29, 0.717) is 11.3 Å². The predicted octanol–water partition coefficient (Wildman–Crippen LogP) is 2.45. The molecule has 0 amide bonds. The van der Waals surface area contributed by atoms with Crippen molar-refractivity contribution in [2.24, 2.45) is 0 Å². The highest BCUT2D eigenvalue weighted by Gasteiger charge is 2.07. The number of halogens is 1. The molecular formula is C13H18FN3. The number of nitrogens with one attached hydrogen (secondary N) is 1. The van der Waals surface area contributed by atoms with E-state index in [1.807, 2.05) is 27.1 Å². The number of nitrogens with zero attached hydrogens (tertiary/aromatic N) is 2. The van der Waals surface area contributed by atoms with Gasteiger partial charge in [-0.15, -0.1) is 0 Å². The van der Waals surface area contributed by atoms with Crippen molar-refractivity contribution in [3.63, 3.8) is 0 Å². The average Bonchev–Trinajstić information content (AvgIpc) is 2.28. The van der Waals surface area contributed by atoms with Crippen LogP contribution in [0.4, 0.5) is 10.1 Å². The maximum Gasteiger partial charge on any atom is 0.124 e. The summed E-state index contributed by atoms with van der Waals surface area (Å²) in [5, 5.41) is 12.1. The molecule has 0 aromatic heterocycles. The van der Waals surface area contributed by atoms with Crippen LogP contribution in [0.25, 0.3) is 0 Å². The molecule has 0 heterocycles. The molecule has 0 aliphatic rings. The van der Waals surface area contributed by atoms with Crippen molar-refractivity contribution in [1.29, 1.82) is 5.26 Å². The Hall–Kier alpha value is -1.60. The molecule has 0 saturated carbocycles. The Bertz CT molecular complexity index is 410. The summed E-state index contributed by atoms with van der Waals surface area (Å²) in [7, 11) is 4.04. The Kier molecular flexibility index (Phi) is 4.92. The summed E-state index contributed by atoms with van der Waals surface area (Å²) in [6, 6.07) is 6.46. The van der Waals surface area contributed by atoms with Crippen LogP contribution >= 0.6 is 0 Å². The summed E-state index contributed by atoms with van der Waals surface area (Å²) < 4.78 is 12.9. The first kappa shape index (κ1) is 13.5. The van der Waals surface area contributed by atoms with E-state index in [0.717, 1.165) is 13.0 Å². The number of hydrogen-bond acceptors (Lipinski definition) is 3. The molecule has 92 valence electrons. The van der Waals surface area contributed by atoms with Gasteiger partial charge in [0.2, 0.25) is 0 Å². The quantitative estimate of drug-likeness (QED) is 0.852. The van der Waals surface area contributed by atoms with Crippen LogP contribution in [0.15, 0.2) is 18.2 Å². The molecular weight excluding hydrogens is 217 g/mol. The van der Waals surface area contributed by atoms with Crippen molar-refractivity contribution in [2.45, 2.75) is 19.4 Å². The topological polar surface area (TPSA) is 39.1 Å². The second-order valence-corrected chi connectivity index (χ2v) is 4.44. The molecule has 1 atom stereocenters. The molecule has 1 aromatic rings. The lowest BCUT2D eigenvalue weighted by molar-refractivity contribution is 0.390. The largest absolute Gasteiger partial charge is 0.381 e. The fourth-order valence-electron chi connectivity index (χ4n) is 1.52. The van der Waals surface area contributed by atoms with Gasteiger partial charge in [-0.3, -0.25) is 0 Å². The number of nitriles is 1. The maximum absolute atomic E-state index is 12.9. The minimum absolute atomic E-state index is 0.245. The van der Waals surface area contributed by atoms with Gasteiger partial charge < -0.3 is 10.2 Å². The lowest BCUT2D eigenvalue weighted by Gasteiger charge is -2.18. The van der Waals surface area contributed by atoms with E-state index in [1.165, 1.54) is 12.1 Å². The molecule has 0 aliphatic carbocycles. The molecule has 0 fully saturated rings. The van der Waals surface area contributed by atoms with Gasteiger partial charge in [-0.2, -0.15) is 5.26 Å². The molecule has 1 aromatic carbocycles. The predicted molar refractivity (Wildman–Crippen MR) is 67.4 cm³/mol. The zero-order valence-corrected chi connectivity index (χ0v) is 10.5. The molecule has 1 rings (SSSR count). The molecule has 1 N–H and O–H groups in total. The van der Waals surface area contributed by atoms with Crippen LogP contribution in [0.1, 0.15) is 18.9 Å². The normalized spacial score (nSPS) is 12.2. The minimum atomic E-state index is -0.381. The minimum Gasteiger partial charge on any atom is -0.381 e. The van der Waals surface area contributed by atoms with Gasteiger partial charge in [-0.05, 0) is 52.2 Å². The first-order chi connectivity index (χ1) is 8.02. The lowest BCUT2D eigenvalue weighted by Crippen LogP contribution is -2.23. The smallest absolute Gasteiger partial charge is 0.124 e. The van der Waals surface area contributed by atoms with E-state index >= 15 is 0 Å². The van der Waals surface area contributed by atoms with Crippen LogP contribution in [0.3, 0.4) is 0 Å². The molecule has 0 saturated heterocycles. The Morgan fingerprint density at radius 1 is 1.47 bits per heavy atom. The molecule has 4 heteroatoms. The van der Waals surface area contributed by atoms with Crippen LogP contribution in [-0.2, 0) is 0 Å². The van der Waals surface area contributed by atoms with Crippen molar-refractivity contribution in [3.05, 3.63) is 29.6 Å². The number of benzene rings is 1. The molecule has 0 aliphatic heterocycles. The molecule has 0 bridgehead atoms. The first-order valence-corrected chi connectivity index (χ1v) is 5.64. The van der Waals surface area contributed by atoms with Gasteiger partial charge in [0.15, 0.2) is 0 Å². The number of hydrogen-bond donors (Lipinski definition) is 1. The van der Waals surface area contributed by atoms with E-state index in [-0.39, 0.29) is 11.9 Å². The SMILES string of the molecule is CC(CCN(C)C)Nc1ccc(F)cc1C#N. The molecule has 0 spiro atoms. The Morgan fingerprint density at radius 2 is 2.18 bits per heavy atom. The van der Waals surface area contributed by atoms with Gasteiger partial charge in [0.1, 0.15) is 11.9 Å². The second kappa shape index (κ2) is 6.21. The second-order valence-electron chi connectivity index (χ2n) is 4.44. The van der Waals surface area contributed by atoms with Crippen molar-refractivity contribution < 1.29 is 4.39 Å². The van der Waals surface area contributed by atoms with Gasteiger partial charge in [0, 0.05) is 6.04 Å². The van der Waals surface area contributed by atoms with Crippen molar-refractivity contribution in [3.8, 4) is 6.07 Å².